The van der Waals surface area contributed by atoms with Gasteiger partial charge in [0, 0.05) is 23.3 Å². The largest absolute Gasteiger partial charge is 0.432 e. The number of benzene rings is 5. The number of nitrogens with one attached hydrogen (secondary N) is 1. The summed E-state index contributed by atoms with van der Waals surface area (Å²) in [5.74, 6) is 0. The monoisotopic (exact) mass is 610 g/mol. The van der Waals surface area contributed by atoms with Crippen molar-refractivity contribution in [2.75, 3.05) is 4.90 Å². The summed E-state index contributed by atoms with van der Waals surface area (Å²) in [5, 5.41) is 7.24. The summed E-state index contributed by atoms with van der Waals surface area (Å²) in [6.45, 7) is 0. The molecule has 5 aromatic carbocycles. The number of anilines is 3. The van der Waals surface area contributed by atoms with Gasteiger partial charge in [-0.25, -0.2) is 0 Å². The van der Waals surface area contributed by atoms with Gasteiger partial charge in [0.2, 0.25) is 0 Å². The topological polar surface area (TPSA) is 66.0 Å². The van der Waals surface area contributed by atoms with Crippen molar-refractivity contribution in [3.05, 3.63) is 164 Å². The fourth-order valence-electron chi connectivity index (χ4n) is 5.20. The SMILES string of the molecule is N=C(/C=C(\N)c1cc(-c2ccc(N(c3ccc(-c4ccccc4)cc3)c3ccc(-c4ccccc4)cc3)cc2)ccn1)C(F)(F)F. The van der Waals surface area contributed by atoms with E-state index < -0.39 is 11.9 Å². The highest BCUT2D eigenvalue weighted by Crippen LogP contribution is 2.37. The van der Waals surface area contributed by atoms with Gasteiger partial charge in [0.1, 0.15) is 5.71 Å². The summed E-state index contributed by atoms with van der Waals surface area (Å²) in [6, 6.07) is 48.6. The standard InChI is InChI=1S/C39H29F3N4/c40-39(41,42)38(44)26-36(43)37-25-32(23-24-45-37)31-15-21-35(22-16-31)46(33-17-11-29(12-18-33)27-7-3-1-4-8-27)34-19-13-30(14-20-34)28-9-5-2-6-10-28/h1-26,44H,43H2/b36-26-,44-38?. The van der Waals surface area contributed by atoms with Crippen molar-refractivity contribution in [2.24, 2.45) is 5.73 Å². The van der Waals surface area contributed by atoms with Crippen LogP contribution in [0.3, 0.4) is 0 Å². The van der Waals surface area contributed by atoms with E-state index in [9.17, 15) is 13.2 Å². The zero-order valence-corrected chi connectivity index (χ0v) is 24.6. The Morgan fingerprint density at radius 3 is 1.37 bits per heavy atom. The van der Waals surface area contributed by atoms with E-state index in [2.05, 4.69) is 82.7 Å². The van der Waals surface area contributed by atoms with E-state index in [1.165, 1.54) is 6.20 Å². The van der Waals surface area contributed by atoms with Crippen LogP contribution in [0.15, 0.2) is 158 Å². The van der Waals surface area contributed by atoms with Gasteiger partial charge in [-0.3, -0.25) is 10.4 Å². The Kier molecular flexibility index (Phi) is 8.48. The number of hydrogen-bond donors (Lipinski definition) is 2. The highest BCUT2D eigenvalue weighted by atomic mass is 19.4. The molecule has 7 heteroatoms. The Labute approximate surface area is 265 Å². The minimum atomic E-state index is -4.78. The zero-order chi connectivity index (χ0) is 32.1. The molecule has 0 radical (unpaired) electrons. The maximum atomic E-state index is 12.9. The molecule has 4 nitrogen and oxygen atoms in total. The van der Waals surface area contributed by atoms with Crippen LogP contribution in [0.2, 0.25) is 0 Å². The minimum Gasteiger partial charge on any atom is -0.397 e. The molecule has 0 aliphatic heterocycles. The van der Waals surface area contributed by atoms with Crippen LogP contribution in [0, 0.1) is 5.41 Å². The third-order valence-electron chi connectivity index (χ3n) is 7.59. The van der Waals surface area contributed by atoms with E-state index in [0.29, 0.717) is 6.08 Å². The highest BCUT2D eigenvalue weighted by Gasteiger charge is 2.33. The number of rotatable bonds is 8. The second-order valence-corrected chi connectivity index (χ2v) is 10.6. The van der Waals surface area contributed by atoms with Crippen LogP contribution in [-0.2, 0) is 0 Å². The van der Waals surface area contributed by atoms with Gasteiger partial charge in [-0.1, -0.05) is 97.1 Å². The minimum absolute atomic E-state index is 0.161. The van der Waals surface area contributed by atoms with E-state index >= 15 is 0 Å². The fourth-order valence-corrected chi connectivity index (χ4v) is 5.20. The second-order valence-electron chi connectivity index (χ2n) is 10.6. The molecule has 0 amide bonds. The summed E-state index contributed by atoms with van der Waals surface area (Å²) in [5.41, 5.74) is 13.3. The van der Waals surface area contributed by atoms with Crippen molar-refractivity contribution in [3.8, 4) is 33.4 Å². The first kappa shape index (κ1) is 30.1. The van der Waals surface area contributed by atoms with Crippen LogP contribution in [0.25, 0.3) is 39.1 Å². The van der Waals surface area contributed by atoms with Gasteiger partial charge in [0.05, 0.1) is 11.4 Å². The third-order valence-corrected chi connectivity index (χ3v) is 7.59. The molecule has 1 heterocycles. The number of nitrogens with two attached hydrogens (primary N) is 1. The average molecular weight is 611 g/mol. The number of aromatic nitrogens is 1. The van der Waals surface area contributed by atoms with E-state index in [4.69, 9.17) is 11.1 Å². The van der Waals surface area contributed by atoms with Crippen molar-refractivity contribution in [3.63, 3.8) is 0 Å². The Balaban J connectivity index is 1.34. The molecule has 0 saturated heterocycles. The molecule has 46 heavy (non-hydrogen) atoms. The maximum absolute atomic E-state index is 12.9. The van der Waals surface area contributed by atoms with Gasteiger partial charge in [-0.2, -0.15) is 13.2 Å². The van der Waals surface area contributed by atoms with Crippen molar-refractivity contribution in [1.82, 2.24) is 4.98 Å². The molecule has 0 saturated carbocycles. The van der Waals surface area contributed by atoms with Crippen molar-refractivity contribution in [2.45, 2.75) is 6.18 Å². The highest BCUT2D eigenvalue weighted by molar-refractivity contribution is 6.01. The average Bonchev–Trinajstić information content (AvgIpc) is 3.10. The molecule has 0 spiro atoms. The third kappa shape index (κ3) is 6.74. The lowest BCUT2D eigenvalue weighted by molar-refractivity contribution is -0.0583. The van der Waals surface area contributed by atoms with Crippen molar-refractivity contribution in [1.29, 1.82) is 5.41 Å². The van der Waals surface area contributed by atoms with Crippen LogP contribution in [0.1, 0.15) is 5.69 Å². The maximum Gasteiger partial charge on any atom is 0.432 e. The van der Waals surface area contributed by atoms with Crippen molar-refractivity contribution >= 4 is 28.5 Å². The Morgan fingerprint density at radius 2 is 0.957 bits per heavy atom. The molecular weight excluding hydrogens is 581 g/mol. The van der Waals surface area contributed by atoms with Gasteiger partial charge >= 0.3 is 6.18 Å². The van der Waals surface area contributed by atoms with Crippen LogP contribution in [-0.4, -0.2) is 16.9 Å². The Hall–Kier alpha value is -5.95. The molecule has 0 atom stereocenters. The van der Waals surface area contributed by atoms with Crippen LogP contribution < -0.4 is 10.6 Å². The molecule has 0 unspecified atom stereocenters. The fraction of sp³-hybridized carbons (Fsp3) is 0.0256. The summed E-state index contributed by atoms with van der Waals surface area (Å²) in [7, 11) is 0. The summed E-state index contributed by atoms with van der Waals surface area (Å²) in [4.78, 5) is 6.29. The number of hydrogen-bond acceptors (Lipinski definition) is 4. The quantitative estimate of drug-likeness (QED) is 0.169. The van der Waals surface area contributed by atoms with Gasteiger partial charge < -0.3 is 10.6 Å². The zero-order valence-electron chi connectivity index (χ0n) is 24.6. The van der Waals surface area contributed by atoms with Gasteiger partial charge in [-0.05, 0) is 88.0 Å². The molecule has 6 aromatic rings. The smallest absolute Gasteiger partial charge is 0.397 e. The lowest BCUT2D eigenvalue weighted by Gasteiger charge is -2.26. The van der Waals surface area contributed by atoms with E-state index in [1.54, 1.807) is 12.1 Å². The number of halogens is 3. The molecule has 6 rings (SSSR count). The Bertz CT molecular complexity index is 1880. The molecule has 1 aromatic heterocycles. The number of pyridine rings is 1. The van der Waals surface area contributed by atoms with Gasteiger partial charge in [0.15, 0.2) is 0 Å². The lowest BCUT2D eigenvalue weighted by Crippen LogP contribution is -2.20. The molecule has 0 aliphatic rings. The molecular formula is C39H29F3N4. The second kappa shape index (κ2) is 13.0. The first-order valence-electron chi connectivity index (χ1n) is 14.6. The molecule has 0 fully saturated rings. The summed E-state index contributed by atoms with van der Waals surface area (Å²) in [6.07, 6.45) is -2.71. The van der Waals surface area contributed by atoms with E-state index in [0.717, 1.165) is 50.4 Å². The predicted octanol–water partition coefficient (Wildman–Crippen LogP) is 10.4. The van der Waals surface area contributed by atoms with E-state index in [1.807, 2.05) is 60.7 Å². The normalized spacial score (nSPS) is 11.7. The molecule has 3 N–H and O–H groups in total. The van der Waals surface area contributed by atoms with Gasteiger partial charge in [-0.15, -0.1) is 0 Å². The predicted molar refractivity (Wildman–Crippen MR) is 181 cm³/mol. The number of alkyl halides is 3. The van der Waals surface area contributed by atoms with Gasteiger partial charge in [0.25, 0.3) is 0 Å². The first-order chi connectivity index (χ1) is 22.3. The first-order valence-corrected chi connectivity index (χ1v) is 14.6. The van der Waals surface area contributed by atoms with Crippen LogP contribution in [0.5, 0.6) is 0 Å². The Morgan fingerprint density at radius 1 is 0.565 bits per heavy atom. The van der Waals surface area contributed by atoms with Crippen LogP contribution >= 0.6 is 0 Å². The number of allylic oxidation sites excluding steroid dienone is 1. The number of nitrogens with zero attached hydrogens (tertiary/aromatic N) is 2. The molecule has 226 valence electrons. The van der Waals surface area contributed by atoms with Crippen molar-refractivity contribution < 1.29 is 13.2 Å². The molecule has 0 bridgehead atoms. The summed E-state index contributed by atoms with van der Waals surface area (Å²) >= 11 is 0. The molecule has 0 aliphatic carbocycles. The lowest BCUT2D eigenvalue weighted by atomic mass is 10.0. The van der Waals surface area contributed by atoms with Crippen LogP contribution in [0.4, 0.5) is 30.2 Å². The van der Waals surface area contributed by atoms with E-state index in [-0.39, 0.29) is 11.4 Å². The summed E-state index contributed by atoms with van der Waals surface area (Å²) < 4.78 is 38.6.